The molecule has 0 spiro atoms. The number of hydrogen-bond donors (Lipinski definition) is 1. The molecule has 2 N–H and O–H groups in total. The van der Waals surface area contributed by atoms with Crippen LogP contribution >= 0.6 is 15.9 Å². The van der Waals surface area contributed by atoms with Crippen molar-refractivity contribution in [1.82, 2.24) is 4.31 Å². The molecule has 17 heavy (non-hydrogen) atoms. The zero-order valence-corrected chi connectivity index (χ0v) is 12.5. The molecule has 0 amide bonds. The molecule has 0 aliphatic carbocycles. The lowest BCUT2D eigenvalue weighted by Crippen LogP contribution is -2.39. The lowest BCUT2D eigenvalue weighted by atomic mass is 10.2. The number of aryl methyl sites for hydroxylation is 1. The topological polar surface area (TPSA) is 63.4 Å². The molecule has 0 aliphatic rings. The molecule has 0 heterocycles. The van der Waals surface area contributed by atoms with Crippen LogP contribution in [0.5, 0.6) is 0 Å². The second-order valence-corrected chi connectivity index (χ2v) is 6.90. The summed E-state index contributed by atoms with van der Waals surface area (Å²) < 4.78 is 26.8. The maximum atomic E-state index is 12.4. The summed E-state index contributed by atoms with van der Waals surface area (Å²) in [6, 6.07) is 4.99. The Morgan fingerprint density at radius 1 is 1.47 bits per heavy atom. The van der Waals surface area contributed by atoms with Gasteiger partial charge in [-0.05, 0) is 31.5 Å². The van der Waals surface area contributed by atoms with Crippen LogP contribution in [0.4, 0.5) is 0 Å². The molecule has 1 unspecified atom stereocenters. The van der Waals surface area contributed by atoms with Crippen LogP contribution < -0.4 is 5.73 Å². The minimum Gasteiger partial charge on any atom is -0.329 e. The van der Waals surface area contributed by atoms with E-state index in [4.69, 9.17) is 5.73 Å². The van der Waals surface area contributed by atoms with Gasteiger partial charge in [0.15, 0.2) is 0 Å². The van der Waals surface area contributed by atoms with E-state index in [0.29, 0.717) is 11.4 Å². The van der Waals surface area contributed by atoms with E-state index in [1.807, 2.05) is 6.07 Å². The molecule has 1 atom stereocenters. The van der Waals surface area contributed by atoms with Crippen molar-refractivity contribution in [1.29, 1.82) is 0 Å². The molecule has 0 bridgehead atoms. The highest BCUT2D eigenvalue weighted by molar-refractivity contribution is 9.10. The van der Waals surface area contributed by atoms with Gasteiger partial charge in [0.2, 0.25) is 10.0 Å². The second kappa shape index (κ2) is 5.48. The van der Waals surface area contributed by atoms with Gasteiger partial charge in [0.1, 0.15) is 0 Å². The van der Waals surface area contributed by atoms with E-state index in [-0.39, 0.29) is 6.04 Å². The lowest BCUT2D eigenvalue weighted by molar-refractivity contribution is 0.394. The van der Waals surface area contributed by atoms with Gasteiger partial charge in [0.05, 0.1) is 4.90 Å². The Balaban J connectivity index is 3.26. The highest BCUT2D eigenvalue weighted by Crippen LogP contribution is 2.24. The van der Waals surface area contributed by atoms with Crippen molar-refractivity contribution in [2.24, 2.45) is 5.73 Å². The number of sulfonamides is 1. The fourth-order valence-corrected chi connectivity index (χ4v) is 3.53. The molecule has 1 aromatic carbocycles. The van der Waals surface area contributed by atoms with Gasteiger partial charge in [-0.3, -0.25) is 0 Å². The zero-order chi connectivity index (χ0) is 13.2. The predicted octanol–water partition coefficient (Wildman–Crippen LogP) is 1.73. The highest BCUT2D eigenvalue weighted by atomic mass is 79.9. The maximum Gasteiger partial charge on any atom is 0.243 e. The van der Waals surface area contributed by atoms with Crippen molar-refractivity contribution >= 4 is 26.0 Å². The van der Waals surface area contributed by atoms with Crippen molar-refractivity contribution in [2.45, 2.75) is 24.8 Å². The zero-order valence-electron chi connectivity index (χ0n) is 10.1. The molecule has 0 aliphatic heterocycles. The van der Waals surface area contributed by atoms with Gasteiger partial charge >= 0.3 is 0 Å². The van der Waals surface area contributed by atoms with Gasteiger partial charge in [0, 0.05) is 24.1 Å². The first-order chi connectivity index (χ1) is 7.80. The van der Waals surface area contributed by atoms with Gasteiger partial charge in [0.25, 0.3) is 0 Å². The Kier molecular flexibility index (Phi) is 4.71. The molecule has 0 fully saturated rings. The Hall–Kier alpha value is -0.430. The first-order valence-electron chi connectivity index (χ1n) is 5.25. The molecule has 1 rings (SSSR count). The number of rotatable bonds is 4. The summed E-state index contributed by atoms with van der Waals surface area (Å²) in [4.78, 5) is 0.315. The minimum absolute atomic E-state index is 0.224. The van der Waals surface area contributed by atoms with Crippen molar-refractivity contribution < 1.29 is 8.42 Å². The Morgan fingerprint density at radius 2 is 2.06 bits per heavy atom. The number of hydrogen-bond acceptors (Lipinski definition) is 3. The Morgan fingerprint density at radius 3 is 2.59 bits per heavy atom. The summed E-state index contributed by atoms with van der Waals surface area (Å²) in [6.45, 7) is 3.86. The van der Waals surface area contributed by atoms with Crippen molar-refractivity contribution in [3.63, 3.8) is 0 Å². The van der Waals surface area contributed by atoms with Gasteiger partial charge < -0.3 is 5.73 Å². The van der Waals surface area contributed by atoms with E-state index in [1.54, 1.807) is 33.0 Å². The molecule has 0 aromatic heterocycles. The van der Waals surface area contributed by atoms with Crippen LogP contribution in [0.1, 0.15) is 12.5 Å². The fourth-order valence-electron chi connectivity index (χ4n) is 1.39. The summed E-state index contributed by atoms with van der Waals surface area (Å²) in [5.41, 5.74) is 6.23. The average molecular weight is 321 g/mol. The van der Waals surface area contributed by atoms with E-state index in [1.165, 1.54) is 4.31 Å². The summed E-state index contributed by atoms with van der Waals surface area (Å²) in [5, 5.41) is 0. The second-order valence-electron chi connectivity index (χ2n) is 4.02. The standard InChI is InChI=1S/C11H17BrN2O2S/c1-8-4-5-10(12)6-11(8)17(15,16)14(3)9(2)7-13/h4-6,9H,7,13H2,1-3H3. The van der Waals surface area contributed by atoms with Crippen LogP contribution in [-0.2, 0) is 10.0 Å². The summed E-state index contributed by atoms with van der Waals surface area (Å²) in [7, 11) is -1.93. The molecular formula is C11H17BrN2O2S. The summed E-state index contributed by atoms with van der Waals surface area (Å²) >= 11 is 3.28. The van der Waals surface area contributed by atoms with Crippen LogP contribution in [0.2, 0.25) is 0 Å². The van der Waals surface area contributed by atoms with Gasteiger partial charge in [-0.2, -0.15) is 4.31 Å². The van der Waals surface area contributed by atoms with Gasteiger partial charge in [-0.25, -0.2) is 8.42 Å². The number of likely N-dealkylation sites (N-methyl/N-ethyl adjacent to an activating group) is 1. The molecule has 1 aromatic rings. The Bertz CT molecular complexity index is 502. The predicted molar refractivity (Wildman–Crippen MR) is 72.3 cm³/mol. The molecule has 4 nitrogen and oxygen atoms in total. The summed E-state index contributed by atoms with van der Waals surface area (Å²) in [6.07, 6.45) is 0. The summed E-state index contributed by atoms with van der Waals surface area (Å²) in [5.74, 6) is 0. The molecular weight excluding hydrogens is 304 g/mol. The van der Waals surface area contributed by atoms with Crippen molar-refractivity contribution in [2.75, 3.05) is 13.6 Å². The third-order valence-electron chi connectivity index (χ3n) is 2.77. The molecule has 6 heteroatoms. The van der Waals surface area contributed by atoms with Crippen molar-refractivity contribution in [3.8, 4) is 0 Å². The Labute approximate surface area is 111 Å². The lowest BCUT2D eigenvalue weighted by Gasteiger charge is -2.23. The minimum atomic E-state index is -3.48. The fraction of sp³-hybridized carbons (Fsp3) is 0.455. The number of benzene rings is 1. The smallest absolute Gasteiger partial charge is 0.243 e. The van der Waals surface area contributed by atoms with Gasteiger partial charge in [-0.1, -0.05) is 22.0 Å². The quantitative estimate of drug-likeness (QED) is 0.918. The van der Waals surface area contributed by atoms with Crippen LogP contribution in [0.15, 0.2) is 27.6 Å². The number of nitrogens with two attached hydrogens (primary N) is 1. The van der Waals surface area contributed by atoms with E-state index in [2.05, 4.69) is 15.9 Å². The number of nitrogens with zero attached hydrogens (tertiary/aromatic N) is 1. The van der Waals surface area contributed by atoms with Gasteiger partial charge in [-0.15, -0.1) is 0 Å². The first kappa shape index (κ1) is 14.6. The SMILES string of the molecule is Cc1ccc(Br)cc1S(=O)(=O)N(C)C(C)CN. The highest BCUT2D eigenvalue weighted by Gasteiger charge is 2.26. The normalized spacial score (nSPS) is 14.0. The number of halogens is 1. The third kappa shape index (κ3) is 3.07. The largest absolute Gasteiger partial charge is 0.329 e. The van der Waals surface area contributed by atoms with Crippen molar-refractivity contribution in [3.05, 3.63) is 28.2 Å². The monoisotopic (exact) mass is 320 g/mol. The average Bonchev–Trinajstić information content (AvgIpc) is 2.30. The van der Waals surface area contributed by atoms with E-state index in [0.717, 1.165) is 10.0 Å². The maximum absolute atomic E-state index is 12.4. The van der Waals surface area contributed by atoms with E-state index >= 15 is 0 Å². The first-order valence-corrected chi connectivity index (χ1v) is 7.48. The van der Waals surface area contributed by atoms with Crippen LogP contribution in [-0.4, -0.2) is 32.4 Å². The molecule has 96 valence electrons. The molecule has 0 saturated carbocycles. The van der Waals surface area contributed by atoms with Crippen LogP contribution in [0, 0.1) is 6.92 Å². The van der Waals surface area contributed by atoms with Crippen LogP contribution in [0.3, 0.4) is 0 Å². The van der Waals surface area contributed by atoms with E-state index in [9.17, 15) is 8.42 Å². The molecule has 0 radical (unpaired) electrons. The van der Waals surface area contributed by atoms with Crippen LogP contribution in [0.25, 0.3) is 0 Å². The third-order valence-corrected chi connectivity index (χ3v) is 5.38. The van der Waals surface area contributed by atoms with E-state index < -0.39 is 10.0 Å². The molecule has 0 saturated heterocycles.